The summed E-state index contributed by atoms with van der Waals surface area (Å²) in [6, 6.07) is 14.5. The van der Waals surface area contributed by atoms with Gasteiger partial charge in [-0.15, -0.1) is 0 Å². The molecule has 1 aliphatic carbocycles. The largest absolute Gasteiger partial charge is 0.493 e. The van der Waals surface area contributed by atoms with E-state index in [1.807, 2.05) is 24.4 Å². The molecule has 1 aromatic heterocycles. The van der Waals surface area contributed by atoms with Gasteiger partial charge in [0.15, 0.2) is 0 Å². The van der Waals surface area contributed by atoms with Crippen molar-refractivity contribution in [3.8, 4) is 5.75 Å². The van der Waals surface area contributed by atoms with Crippen LogP contribution in [-0.2, 0) is 11.2 Å². The molecule has 0 atom stereocenters. The van der Waals surface area contributed by atoms with Crippen LogP contribution in [0.1, 0.15) is 24.0 Å². The van der Waals surface area contributed by atoms with Crippen LogP contribution >= 0.6 is 0 Å². The summed E-state index contributed by atoms with van der Waals surface area (Å²) in [4.78, 5) is 15.2. The second-order valence-electron chi connectivity index (χ2n) is 6.76. The van der Waals surface area contributed by atoms with Crippen molar-refractivity contribution in [3.05, 3.63) is 59.8 Å². The Bertz CT molecular complexity index is 892. The zero-order valence-electron chi connectivity index (χ0n) is 14.3. The van der Waals surface area contributed by atoms with E-state index in [4.69, 9.17) is 4.74 Å². The van der Waals surface area contributed by atoms with Gasteiger partial charge in [0.05, 0.1) is 12.3 Å². The van der Waals surface area contributed by atoms with Crippen molar-refractivity contribution >= 4 is 22.5 Å². The molecule has 1 aliphatic rings. The molecule has 1 fully saturated rings. The van der Waals surface area contributed by atoms with Gasteiger partial charge in [-0.3, -0.25) is 4.79 Å². The molecule has 0 saturated heterocycles. The Morgan fingerprint density at radius 3 is 2.76 bits per heavy atom. The quantitative estimate of drug-likeness (QED) is 0.700. The number of carbonyl (C=O) groups is 1. The maximum Gasteiger partial charge on any atom is 0.227 e. The second kappa shape index (κ2) is 6.63. The highest BCUT2D eigenvalue weighted by Gasteiger charge is 2.29. The van der Waals surface area contributed by atoms with Crippen molar-refractivity contribution in [2.75, 3.05) is 11.9 Å². The molecule has 4 rings (SSSR count). The number of amides is 1. The van der Waals surface area contributed by atoms with Gasteiger partial charge in [0.1, 0.15) is 5.75 Å². The molecule has 1 heterocycles. The second-order valence-corrected chi connectivity index (χ2v) is 6.76. The first-order valence-electron chi connectivity index (χ1n) is 8.79. The van der Waals surface area contributed by atoms with E-state index in [9.17, 15) is 4.79 Å². The highest BCUT2D eigenvalue weighted by Crippen LogP contribution is 2.32. The average Bonchev–Trinajstić information content (AvgIpc) is 3.40. The summed E-state index contributed by atoms with van der Waals surface area (Å²) in [5.74, 6) is 1.13. The van der Waals surface area contributed by atoms with E-state index < -0.39 is 0 Å². The number of carbonyl (C=O) groups excluding carboxylic acids is 1. The average molecular weight is 334 g/mol. The van der Waals surface area contributed by atoms with Crippen molar-refractivity contribution in [2.45, 2.75) is 26.2 Å². The molecule has 0 aliphatic heterocycles. The van der Waals surface area contributed by atoms with Crippen LogP contribution in [0.3, 0.4) is 0 Å². The number of hydrogen-bond acceptors (Lipinski definition) is 2. The molecule has 25 heavy (non-hydrogen) atoms. The van der Waals surface area contributed by atoms with Gasteiger partial charge >= 0.3 is 0 Å². The van der Waals surface area contributed by atoms with E-state index in [1.165, 1.54) is 11.1 Å². The molecule has 2 aromatic carbocycles. The molecule has 0 unspecified atom stereocenters. The van der Waals surface area contributed by atoms with Crippen LogP contribution in [0.4, 0.5) is 5.69 Å². The maximum atomic E-state index is 12.0. The van der Waals surface area contributed by atoms with Gasteiger partial charge in [-0.25, -0.2) is 0 Å². The van der Waals surface area contributed by atoms with E-state index in [2.05, 4.69) is 41.5 Å². The lowest BCUT2D eigenvalue weighted by Crippen LogP contribution is -2.12. The number of aryl methyl sites for hydroxylation is 1. The third-order valence-corrected chi connectivity index (χ3v) is 4.64. The Morgan fingerprint density at radius 1 is 1.20 bits per heavy atom. The lowest BCUT2D eigenvalue weighted by molar-refractivity contribution is -0.117. The summed E-state index contributed by atoms with van der Waals surface area (Å²) in [7, 11) is 0. The first-order valence-corrected chi connectivity index (χ1v) is 8.79. The summed E-state index contributed by atoms with van der Waals surface area (Å²) < 4.78 is 5.91. The van der Waals surface area contributed by atoms with Gasteiger partial charge < -0.3 is 15.0 Å². The maximum absolute atomic E-state index is 12.0. The Hall–Kier alpha value is -2.75. The highest BCUT2D eigenvalue weighted by atomic mass is 16.5. The van der Waals surface area contributed by atoms with Gasteiger partial charge in [0.2, 0.25) is 5.91 Å². The Balaban J connectivity index is 1.42. The molecular formula is C21H22N2O2. The van der Waals surface area contributed by atoms with Gasteiger partial charge in [-0.2, -0.15) is 0 Å². The number of fused-ring (bicyclic) bond motifs is 1. The van der Waals surface area contributed by atoms with E-state index in [0.717, 1.165) is 41.6 Å². The van der Waals surface area contributed by atoms with E-state index >= 15 is 0 Å². The van der Waals surface area contributed by atoms with Gasteiger partial charge in [0, 0.05) is 29.4 Å². The van der Waals surface area contributed by atoms with E-state index in [0.29, 0.717) is 6.61 Å². The molecule has 4 heteroatoms. The number of anilines is 1. The number of rotatable bonds is 6. The summed E-state index contributed by atoms with van der Waals surface area (Å²) in [6.07, 6.45) is 4.72. The lowest BCUT2D eigenvalue weighted by Gasteiger charge is -2.08. The molecule has 128 valence electrons. The fraction of sp³-hybridized carbons (Fsp3) is 0.286. The summed E-state index contributed by atoms with van der Waals surface area (Å²) in [5.41, 5.74) is 4.36. The molecular weight excluding hydrogens is 312 g/mol. The normalized spacial score (nSPS) is 13.8. The van der Waals surface area contributed by atoms with Crippen molar-refractivity contribution < 1.29 is 9.53 Å². The standard InChI is InChI=1S/C21H22N2O2/c1-14-2-4-15(5-3-14)10-11-25-17-8-9-19-18(12-17)20(13-22-19)23-21(24)16-6-7-16/h2-5,8-9,12-13,16,22H,6-7,10-11H2,1H3,(H,23,24). The van der Waals surface area contributed by atoms with Crippen LogP contribution in [0.2, 0.25) is 0 Å². The molecule has 2 N–H and O–H groups in total. The third kappa shape index (κ3) is 3.68. The van der Waals surface area contributed by atoms with Gasteiger partial charge in [-0.05, 0) is 43.5 Å². The van der Waals surface area contributed by atoms with Crippen LogP contribution in [0.5, 0.6) is 5.75 Å². The van der Waals surface area contributed by atoms with Gasteiger partial charge in [0.25, 0.3) is 0 Å². The fourth-order valence-electron chi connectivity index (χ4n) is 2.91. The lowest BCUT2D eigenvalue weighted by atomic mass is 10.1. The van der Waals surface area contributed by atoms with Crippen molar-refractivity contribution in [1.82, 2.24) is 4.98 Å². The molecule has 0 bridgehead atoms. The minimum absolute atomic E-state index is 0.117. The van der Waals surface area contributed by atoms with Crippen LogP contribution in [-0.4, -0.2) is 17.5 Å². The zero-order chi connectivity index (χ0) is 17.2. The van der Waals surface area contributed by atoms with Crippen LogP contribution in [0.15, 0.2) is 48.7 Å². The minimum Gasteiger partial charge on any atom is -0.493 e. The Morgan fingerprint density at radius 2 is 2.00 bits per heavy atom. The van der Waals surface area contributed by atoms with Crippen molar-refractivity contribution in [2.24, 2.45) is 5.92 Å². The zero-order valence-corrected chi connectivity index (χ0v) is 14.3. The van der Waals surface area contributed by atoms with E-state index in [1.54, 1.807) is 0 Å². The molecule has 0 radical (unpaired) electrons. The Labute approximate surface area is 147 Å². The SMILES string of the molecule is Cc1ccc(CCOc2ccc3[nH]cc(NC(=O)C4CC4)c3c2)cc1. The number of benzene rings is 2. The molecule has 1 amide bonds. The molecule has 0 spiro atoms. The fourth-order valence-corrected chi connectivity index (χ4v) is 2.91. The summed E-state index contributed by atoms with van der Waals surface area (Å²) >= 11 is 0. The van der Waals surface area contributed by atoms with Crippen LogP contribution < -0.4 is 10.1 Å². The predicted molar refractivity (Wildman–Crippen MR) is 100 cm³/mol. The number of aromatic amines is 1. The number of hydrogen-bond donors (Lipinski definition) is 2. The minimum atomic E-state index is 0.117. The first-order chi connectivity index (χ1) is 12.2. The number of ether oxygens (including phenoxy) is 1. The highest BCUT2D eigenvalue weighted by molar-refractivity contribution is 6.03. The van der Waals surface area contributed by atoms with Crippen LogP contribution in [0.25, 0.3) is 10.9 Å². The Kier molecular flexibility index (Phi) is 4.18. The van der Waals surface area contributed by atoms with Gasteiger partial charge in [-0.1, -0.05) is 29.8 Å². The number of nitrogens with one attached hydrogen (secondary N) is 2. The summed E-state index contributed by atoms with van der Waals surface area (Å²) in [6.45, 7) is 2.72. The number of aromatic nitrogens is 1. The topological polar surface area (TPSA) is 54.1 Å². The first kappa shape index (κ1) is 15.8. The monoisotopic (exact) mass is 334 g/mol. The van der Waals surface area contributed by atoms with Crippen LogP contribution in [0, 0.1) is 12.8 Å². The summed E-state index contributed by atoms with van der Waals surface area (Å²) in [5, 5.41) is 4.00. The molecule has 3 aromatic rings. The van der Waals surface area contributed by atoms with Crippen molar-refractivity contribution in [3.63, 3.8) is 0 Å². The van der Waals surface area contributed by atoms with Crippen molar-refractivity contribution in [1.29, 1.82) is 0 Å². The molecule has 4 nitrogen and oxygen atoms in total. The number of H-pyrrole nitrogens is 1. The predicted octanol–water partition coefficient (Wildman–Crippen LogP) is 4.45. The van der Waals surface area contributed by atoms with E-state index in [-0.39, 0.29) is 11.8 Å². The molecule has 1 saturated carbocycles. The smallest absolute Gasteiger partial charge is 0.227 e. The third-order valence-electron chi connectivity index (χ3n) is 4.64.